The number of hydrogen-bond donors (Lipinski definition) is 1. The Morgan fingerprint density at radius 1 is 1.41 bits per heavy atom. The van der Waals surface area contributed by atoms with E-state index in [-0.39, 0.29) is 5.02 Å². The van der Waals surface area contributed by atoms with Gasteiger partial charge in [0, 0.05) is 21.2 Å². The van der Waals surface area contributed by atoms with Gasteiger partial charge in [-0.3, -0.25) is 0 Å². The molecule has 1 heterocycles. The lowest BCUT2D eigenvalue weighted by atomic mass is 10.1. The number of rotatable bonds is 3. The van der Waals surface area contributed by atoms with Gasteiger partial charge in [0.05, 0.1) is 11.1 Å². The van der Waals surface area contributed by atoms with Crippen LogP contribution in [0.2, 0.25) is 5.02 Å². The van der Waals surface area contributed by atoms with Crippen molar-refractivity contribution in [2.24, 2.45) is 0 Å². The molecule has 1 aromatic heterocycles. The average Bonchev–Trinajstić information content (AvgIpc) is 2.70. The summed E-state index contributed by atoms with van der Waals surface area (Å²) in [7, 11) is 0. The van der Waals surface area contributed by atoms with Crippen molar-refractivity contribution < 1.29 is 9.50 Å². The van der Waals surface area contributed by atoms with E-state index >= 15 is 0 Å². The molecule has 0 aliphatic carbocycles. The van der Waals surface area contributed by atoms with Crippen molar-refractivity contribution in [3.8, 4) is 0 Å². The summed E-state index contributed by atoms with van der Waals surface area (Å²) in [6, 6.07) is 6.37. The second-order valence-corrected chi connectivity index (χ2v) is 5.90. The van der Waals surface area contributed by atoms with E-state index in [2.05, 4.69) is 15.9 Å². The third kappa shape index (κ3) is 3.28. The van der Waals surface area contributed by atoms with E-state index in [1.54, 1.807) is 12.1 Å². The molecule has 17 heavy (non-hydrogen) atoms. The molecule has 1 unspecified atom stereocenters. The Bertz CT molecular complexity index is 529. The van der Waals surface area contributed by atoms with E-state index in [1.165, 1.54) is 17.4 Å². The first-order valence-corrected chi connectivity index (χ1v) is 6.97. The summed E-state index contributed by atoms with van der Waals surface area (Å²) < 4.78 is 13.9. The fourth-order valence-corrected chi connectivity index (χ4v) is 3.13. The van der Waals surface area contributed by atoms with Gasteiger partial charge in [-0.1, -0.05) is 17.7 Å². The predicted molar refractivity (Wildman–Crippen MR) is 72.1 cm³/mol. The quantitative estimate of drug-likeness (QED) is 0.870. The smallest absolute Gasteiger partial charge is 0.141 e. The van der Waals surface area contributed by atoms with Crippen LogP contribution in [0.15, 0.2) is 34.1 Å². The van der Waals surface area contributed by atoms with Gasteiger partial charge in [0.15, 0.2) is 0 Å². The number of thiophene rings is 1. The first-order valence-electron chi connectivity index (χ1n) is 4.92. The van der Waals surface area contributed by atoms with Crippen LogP contribution in [0.5, 0.6) is 0 Å². The minimum Gasteiger partial charge on any atom is -0.387 e. The molecule has 5 heteroatoms. The lowest BCUT2D eigenvalue weighted by Gasteiger charge is -2.08. The van der Waals surface area contributed by atoms with Crippen LogP contribution in [-0.4, -0.2) is 5.11 Å². The Hall–Kier alpha value is -0.420. The Morgan fingerprint density at radius 3 is 2.76 bits per heavy atom. The summed E-state index contributed by atoms with van der Waals surface area (Å²) in [4.78, 5) is 0.873. The number of hydrogen-bond acceptors (Lipinski definition) is 2. The van der Waals surface area contributed by atoms with Gasteiger partial charge in [-0.25, -0.2) is 4.39 Å². The summed E-state index contributed by atoms with van der Waals surface area (Å²) in [5.41, 5.74) is 0.813. The highest BCUT2D eigenvalue weighted by Crippen LogP contribution is 2.28. The monoisotopic (exact) mass is 334 g/mol. The van der Waals surface area contributed by atoms with Crippen molar-refractivity contribution in [2.75, 3.05) is 0 Å². The lowest BCUT2D eigenvalue weighted by Crippen LogP contribution is -1.99. The fourth-order valence-electron chi connectivity index (χ4n) is 1.49. The van der Waals surface area contributed by atoms with E-state index in [0.29, 0.717) is 6.42 Å². The maximum absolute atomic E-state index is 13.0. The van der Waals surface area contributed by atoms with Crippen molar-refractivity contribution in [3.05, 3.63) is 55.4 Å². The van der Waals surface area contributed by atoms with Gasteiger partial charge in [-0.2, -0.15) is 0 Å². The molecule has 0 amide bonds. The van der Waals surface area contributed by atoms with Crippen molar-refractivity contribution in [2.45, 2.75) is 12.5 Å². The van der Waals surface area contributed by atoms with Crippen LogP contribution in [-0.2, 0) is 6.42 Å². The van der Waals surface area contributed by atoms with E-state index in [4.69, 9.17) is 11.6 Å². The molecular formula is C12H9BrClFOS. The van der Waals surface area contributed by atoms with Gasteiger partial charge < -0.3 is 5.11 Å². The predicted octanol–water partition coefficient (Wildman–Crippen LogP) is 4.58. The molecule has 90 valence electrons. The van der Waals surface area contributed by atoms with Crippen LogP contribution < -0.4 is 0 Å². The first-order chi connectivity index (χ1) is 8.06. The van der Waals surface area contributed by atoms with Crippen molar-refractivity contribution in [1.29, 1.82) is 0 Å². The zero-order chi connectivity index (χ0) is 12.4. The molecule has 1 atom stereocenters. The maximum Gasteiger partial charge on any atom is 0.141 e. The molecule has 1 nitrogen and oxygen atoms in total. The van der Waals surface area contributed by atoms with Crippen LogP contribution in [0.3, 0.4) is 0 Å². The maximum atomic E-state index is 13.0. The largest absolute Gasteiger partial charge is 0.387 e. The van der Waals surface area contributed by atoms with E-state index in [1.807, 2.05) is 11.4 Å². The Labute approximate surface area is 116 Å². The van der Waals surface area contributed by atoms with Crippen molar-refractivity contribution in [3.63, 3.8) is 0 Å². The van der Waals surface area contributed by atoms with Gasteiger partial charge in [0.25, 0.3) is 0 Å². The van der Waals surface area contributed by atoms with Gasteiger partial charge in [0.2, 0.25) is 0 Å². The molecule has 0 saturated carbocycles. The zero-order valence-electron chi connectivity index (χ0n) is 8.66. The highest BCUT2D eigenvalue weighted by Gasteiger charge is 2.12. The molecular weight excluding hydrogens is 327 g/mol. The number of aliphatic hydroxyl groups excluding tert-OH is 1. The number of aliphatic hydroxyl groups is 1. The Morgan fingerprint density at radius 2 is 2.18 bits per heavy atom. The Kier molecular flexibility index (Phi) is 4.20. The molecule has 0 bridgehead atoms. The van der Waals surface area contributed by atoms with Gasteiger partial charge >= 0.3 is 0 Å². The second-order valence-electron chi connectivity index (χ2n) is 3.64. The van der Waals surface area contributed by atoms with Crippen LogP contribution in [0.4, 0.5) is 4.39 Å². The highest BCUT2D eigenvalue weighted by molar-refractivity contribution is 9.10. The molecule has 0 radical (unpaired) electrons. The lowest BCUT2D eigenvalue weighted by molar-refractivity contribution is 0.182. The summed E-state index contributed by atoms with van der Waals surface area (Å²) in [6.07, 6.45) is -0.166. The zero-order valence-corrected chi connectivity index (χ0v) is 11.8. The highest BCUT2D eigenvalue weighted by atomic mass is 79.9. The molecule has 2 aromatic rings. The topological polar surface area (TPSA) is 20.2 Å². The minimum atomic E-state index is -0.590. The molecule has 1 aromatic carbocycles. The third-order valence-corrected chi connectivity index (χ3v) is 4.41. The second kappa shape index (κ2) is 5.48. The summed E-state index contributed by atoms with van der Waals surface area (Å²) in [5, 5.41) is 12.0. The molecule has 0 fully saturated rings. The summed E-state index contributed by atoms with van der Waals surface area (Å²) in [5.74, 6) is -0.441. The molecule has 1 N–H and O–H groups in total. The summed E-state index contributed by atoms with van der Waals surface area (Å²) >= 11 is 10.5. The molecule has 2 rings (SSSR count). The molecule has 0 aliphatic rings. The van der Waals surface area contributed by atoms with Crippen molar-refractivity contribution >= 4 is 38.9 Å². The number of benzene rings is 1. The Balaban J connectivity index is 2.12. The van der Waals surface area contributed by atoms with E-state index in [9.17, 15) is 9.50 Å². The summed E-state index contributed by atoms with van der Waals surface area (Å²) in [6.45, 7) is 0. The van der Waals surface area contributed by atoms with Crippen LogP contribution in [0.1, 0.15) is 16.5 Å². The standard InChI is InChI=1S/C12H9BrClFOS/c13-8-5-12(17-6-8)11(16)4-7-1-2-10(15)9(14)3-7/h1-3,5-6,11,16H,4H2. The molecule has 0 saturated heterocycles. The van der Waals surface area contributed by atoms with Gasteiger partial charge in [-0.05, 0) is 39.7 Å². The van der Waals surface area contributed by atoms with E-state index in [0.717, 1.165) is 14.9 Å². The first kappa shape index (κ1) is 13.0. The average molecular weight is 336 g/mol. The van der Waals surface area contributed by atoms with Gasteiger partial charge in [-0.15, -0.1) is 11.3 Å². The van der Waals surface area contributed by atoms with Crippen LogP contribution in [0.25, 0.3) is 0 Å². The normalized spacial score (nSPS) is 12.7. The SMILES string of the molecule is OC(Cc1ccc(F)c(Cl)c1)c1cc(Br)cs1. The molecule has 0 spiro atoms. The minimum absolute atomic E-state index is 0.0852. The third-order valence-electron chi connectivity index (χ3n) is 2.33. The van der Waals surface area contributed by atoms with Crippen molar-refractivity contribution in [1.82, 2.24) is 0 Å². The van der Waals surface area contributed by atoms with E-state index < -0.39 is 11.9 Å². The van der Waals surface area contributed by atoms with Crippen LogP contribution in [0, 0.1) is 5.82 Å². The number of halogens is 3. The fraction of sp³-hybridized carbons (Fsp3) is 0.167. The van der Waals surface area contributed by atoms with Crippen LogP contribution >= 0.6 is 38.9 Å². The molecule has 0 aliphatic heterocycles. The van der Waals surface area contributed by atoms with Gasteiger partial charge in [0.1, 0.15) is 5.82 Å².